The zero-order valence-corrected chi connectivity index (χ0v) is 14.2. The summed E-state index contributed by atoms with van der Waals surface area (Å²) in [7, 11) is -3.70. The SMILES string of the molecule is CC(C(=O)NC(C(=O)O)c1ccccc1)S(=O)(=O)C1CCOCC1. The van der Waals surface area contributed by atoms with Crippen molar-refractivity contribution in [3.8, 4) is 0 Å². The largest absolute Gasteiger partial charge is 0.479 e. The third-order valence-electron chi connectivity index (χ3n) is 4.16. The van der Waals surface area contributed by atoms with Crippen LogP contribution in [0.15, 0.2) is 30.3 Å². The van der Waals surface area contributed by atoms with Crippen molar-refractivity contribution in [2.24, 2.45) is 0 Å². The van der Waals surface area contributed by atoms with Crippen molar-refractivity contribution >= 4 is 21.7 Å². The highest BCUT2D eigenvalue weighted by Crippen LogP contribution is 2.21. The van der Waals surface area contributed by atoms with E-state index in [4.69, 9.17) is 4.74 Å². The molecule has 2 unspecified atom stereocenters. The highest BCUT2D eigenvalue weighted by molar-refractivity contribution is 7.93. The number of carboxylic acid groups (broad SMARTS) is 1. The van der Waals surface area contributed by atoms with Crippen LogP contribution in [0.4, 0.5) is 0 Å². The maximum absolute atomic E-state index is 12.6. The summed E-state index contributed by atoms with van der Waals surface area (Å²) in [6, 6.07) is 6.88. The first-order valence-corrected chi connectivity index (χ1v) is 9.33. The van der Waals surface area contributed by atoms with Gasteiger partial charge in [0.25, 0.3) is 0 Å². The lowest BCUT2D eigenvalue weighted by Gasteiger charge is -2.25. The van der Waals surface area contributed by atoms with E-state index in [1.54, 1.807) is 30.3 Å². The smallest absolute Gasteiger partial charge is 0.330 e. The number of benzene rings is 1. The van der Waals surface area contributed by atoms with Crippen LogP contribution in [0, 0.1) is 0 Å². The topological polar surface area (TPSA) is 110 Å². The summed E-state index contributed by atoms with van der Waals surface area (Å²) >= 11 is 0. The molecule has 1 aliphatic heterocycles. The van der Waals surface area contributed by atoms with E-state index in [9.17, 15) is 23.1 Å². The lowest BCUT2D eigenvalue weighted by atomic mass is 10.1. The number of rotatable bonds is 6. The van der Waals surface area contributed by atoms with Gasteiger partial charge in [0.15, 0.2) is 15.9 Å². The van der Waals surface area contributed by atoms with Gasteiger partial charge in [0.1, 0.15) is 5.25 Å². The van der Waals surface area contributed by atoms with Gasteiger partial charge in [0.2, 0.25) is 5.91 Å². The summed E-state index contributed by atoms with van der Waals surface area (Å²) in [6.45, 7) is 1.99. The molecule has 1 heterocycles. The molecule has 0 bridgehead atoms. The van der Waals surface area contributed by atoms with Crippen LogP contribution in [0.2, 0.25) is 0 Å². The average molecular weight is 355 g/mol. The molecule has 8 heteroatoms. The van der Waals surface area contributed by atoms with E-state index >= 15 is 0 Å². The Balaban J connectivity index is 2.13. The number of carboxylic acids is 1. The highest BCUT2D eigenvalue weighted by Gasteiger charge is 2.37. The van der Waals surface area contributed by atoms with E-state index in [1.807, 2.05) is 0 Å². The van der Waals surface area contributed by atoms with Crippen molar-refractivity contribution in [3.63, 3.8) is 0 Å². The number of nitrogens with one attached hydrogen (secondary N) is 1. The van der Waals surface area contributed by atoms with Gasteiger partial charge in [-0.05, 0) is 25.3 Å². The molecule has 0 saturated carbocycles. The second-order valence-electron chi connectivity index (χ2n) is 5.73. The molecule has 0 radical (unpaired) electrons. The minimum atomic E-state index is -3.70. The van der Waals surface area contributed by atoms with Crippen molar-refractivity contribution in [1.29, 1.82) is 0 Å². The highest BCUT2D eigenvalue weighted by atomic mass is 32.2. The van der Waals surface area contributed by atoms with Crippen LogP contribution in [0.25, 0.3) is 0 Å². The lowest BCUT2D eigenvalue weighted by molar-refractivity contribution is -0.141. The fourth-order valence-electron chi connectivity index (χ4n) is 2.64. The molecule has 1 aromatic carbocycles. The normalized spacial score (nSPS) is 18.5. The number of carbonyl (C=O) groups excluding carboxylic acids is 1. The fraction of sp³-hybridized carbons (Fsp3) is 0.500. The number of ether oxygens (including phenoxy) is 1. The van der Waals surface area contributed by atoms with Gasteiger partial charge < -0.3 is 15.2 Å². The van der Waals surface area contributed by atoms with E-state index in [1.165, 1.54) is 6.92 Å². The van der Waals surface area contributed by atoms with Crippen LogP contribution in [0.5, 0.6) is 0 Å². The molecule has 2 atom stereocenters. The zero-order chi connectivity index (χ0) is 17.7. The van der Waals surface area contributed by atoms with Crippen molar-refractivity contribution in [2.75, 3.05) is 13.2 Å². The minimum Gasteiger partial charge on any atom is -0.479 e. The first-order chi connectivity index (χ1) is 11.3. The molecule has 0 aliphatic carbocycles. The van der Waals surface area contributed by atoms with Gasteiger partial charge in [-0.3, -0.25) is 4.79 Å². The van der Waals surface area contributed by atoms with E-state index in [2.05, 4.69) is 5.32 Å². The first kappa shape index (κ1) is 18.4. The molecular formula is C16H21NO6S. The molecular weight excluding hydrogens is 334 g/mol. The van der Waals surface area contributed by atoms with Crippen LogP contribution in [-0.4, -0.2) is 49.1 Å². The maximum Gasteiger partial charge on any atom is 0.330 e. The average Bonchev–Trinajstić information content (AvgIpc) is 2.60. The van der Waals surface area contributed by atoms with E-state index in [0.29, 0.717) is 31.6 Å². The Hall–Kier alpha value is -1.93. The molecule has 132 valence electrons. The number of aliphatic carboxylic acids is 1. The van der Waals surface area contributed by atoms with Crippen LogP contribution in [-0.2, 0) is 24.2 Å². The molecule has 1 aromatic rings. The summed E-state index contributed by atoms with van der Waals surface area (Å²) in [5.41, 5.74) is 0.383. The Morgan fingerprint density at radius 1 is 1.21 bits per heavy atom. The molecule has 1 aliphatic rings. The molecule has 7 nitrogen and oxygen atoms in total. The van der Waals surface area contributed by atoms with E-state index in [0.717, 1.165) is 0 Å². The molecule has 1 amide bonds. The van der Waals surface area contributed by atoms with Crippen molar-refractivity contribution in [2.45, 2.75) is 36.3 Å². The lowest BCUT2D eigenvalue weighted by Crippen LogP contribution is -2.46. The van der Waals surface area contributed by atoms with Crippen molar-refractivity contribution in [3.05, 3.63) is 35.9 Å². The maximum atomic E-state index is 12.6. The van der Waals surface area contributed by atoms with Crippen LogP contribution in [0.3, 0.4) is 0 Å². The van der Waals surface area contributed by atoms with Gasteiger partial charge in [-0.2, -0.15) is 0 Å². The number of sulfone groups is 1. The van der Waals surface area contributed by atoms with Gasteiger partial charge in [0.05, 0.1) is 5.25 Å². The Labute approximate surface area is 140 Å². The number of amides is 1. The first-order valence-electron chi connectivity index (χ1n) is 7.72. The summed E-state index contributed by atoms with van der Waals surface area (Å²) in [4.78, 5) is 23.8. The summed E-state index contributed by atoms with van der Waals surface area (Å²) in [5.74, 6) is -2.05. The number of hydrogen-bond donors (Lipinski definition) is 2. The van der Waals surface area contributed by atoms with E-state index < -0.39 is 38.3 Å². The summed E-state index contributed by atoms with van der Waals surface area (Å²) < 4.78 is 30.2. The Kier molecular flexibility index (Phi) is 5.95. The Morgan fingerprint density at radius 2 is 1.79 bits per heavy atom. The summed E-state index contributed by atoms with van der Waals surface area (Å²) in [5, 5.41) is 9.71. The van der Waals surface area contributed by atoms with Crippen molar-refractivity contribution in [1.82, 2.24) is 5.32 Å². The molecule has 24 heavy (non-hydrogen) atoms. The zero-order valence-electron chi connectivity index (χ0n) is 13.3. The van der Waals surface area contributed by atoms with Gasteiger partial charge in [-0.15, -0.1) is 0 Å². The third kappa shape index (κ3) is 4.12. The van der Waals surface area contributed by atoms with E-state index in [-0.39, 0.29) is 0 Å². The van der Waals surface area contributed by atoms with Crippen molar-refractivity contribution < 1.29 is 27.9 Å². The number of hydrogen-bond acceptors (Lipinski definition) is 5. The van der Waals surface area contributed by atoms with Gasteiger partial charge in [0, 0.05) is 13.2 Å². The van der Waals surface area contributed by atoms with Crippen LogP contribution in [0.1, 0.15) is 31.4 Å². The van der Waals surface area contributed by atoms with Crippen LogP contribution < -0.4 is 5.32 Å². The molecule has 1 fully saturated rings. The van der Waals surface area contributed by atoms with Crippen LogP contribution >= 0.6 is 0 Å². The molecule has 0 spiro atoms. The molecule has 0 aromatic heterocycles. The third-order valence-corrected chi connectivity index (χ3v) is 6.76. The monoisotopic (exact) mass is 355 g/mol. The number of carbonyl (C=O) groups is 2. The molecule has 2 N–H and O–H groups in total. The predicted octanol–water partition coefficient (Wildman–Crippen LogP) is 0.911. The summed E-state index contributed by atoms with van der Waals surface area (Å²) in [6.07, 6.45) is 0.696. The van der Waals surface area contributed by atoms with Gasteiger partial charge in [-0.1, -0.05) is 30.3 Å². The minimum absolute atomic E-state index is 0.347. The second kappa shape index (κ2) is 7.76. The molecule has 2 rings (SSSR count). The fourth-order valence-corrected chi connectivity index (χ4v) is 4.43. The Bertz CT molecular complexity index is 682. The second-order valence-corrected chi connectivity index (χ2v) is 8.29. The predicted molar refractivity (Wildman–Crippen MR) is 87.2 cm³/mol. The quantitative estimate of drug-likeness (QED) is 0.785. The molecule has 1 saturated heterocycles. The Morgan fingerprint density at radius 3 is 2.33 bits per heavy atom. The van der Waals surface area contributed by atoms with Gasteiger partial charge in [-0.25, -0.2) is 13.2 Å². The standard InChI is InChI=1S/C16H21NO6S/c1-11(24(21,22)13-7-9-23-10-8-13)15(18)17-14(16(19)20)12-5-3-2-4-6-12/h2-6,11,13-14H,7-10H2,1H3,(H,17,18)(H,19,20). The van der Waals surface area contributed by atoms with Gasteiger partial charge >= 0.3 is 5.97 Å².